The minimum Gasteiger partial charge on any atom is -0.469 e. The molecule has 1 N–H and O–H groups in total. The van der Waals surface area contributed by atoms with Crippen LogP contribution in [0, 0.1) is 25.2 Å². The lowest BCUT2D eigenvalue weighted by molar-refractivity contribution is -0.143. The third-order valence-electron chi connectivity index (χ3n) is 4.20. The Hall–Kier alpha value is -1.51. The highest BCUT2D eigenvalue weighted by atomic mass is 32.2. The predicted molar refractivity (Wildman–Crippen MR) is 103 cm³/mol. The molecule has 1 aromatic carbocycles. The molecule has 0 bridgehead atoms. The Morgan fingerprint density at radius 2 is 2.00 bits per heavy atom. The van der Waals surface area contributed by atoms with Gasteiger partial charge in [-0.3, -0.25) is 4.79 Å². The molecule has 1 atom stereocenters. The van der Waals surface area contributed by atoms with Gasteiger partial charge in [-0.15, -0.1) is 0 Å². The Labute approximate surface area is 155 Å². The van der Waals surface area contributed by atoms with Crippen LogP contribution in [-0.4, -0.2) is 35.3 Å². The molecule has 0 radical (unpaired) electrons. The van der Waals surface area contributed by atoms with Gasteiger partial charge in [0, 0.05) is 5.75 Å². The van der Waals surface area contributed by atoms with Crippen LogP contribution in [0.2, 0.25) is 0 Å². The van der Waals surface area contributed by atoms with E-state index >= 15 is 0 Å². The van der Waals surface area contributed by atoms with Gasteiger partial charge in [0.05, 0.1) is 19.6 Å². The van der Waals surface area contributed by atoms with E-state index in [9.17, 15) is 9.90 Å². The van der Waals surface area contributed by atoms with Crippen molar-refractivity contribution < 1.29 is 14.6 Å². The highest BCUT2D eigenvalue weighted by Crippen LogP contribution is 2.19. The number of hydrogen-bond acceptors (Lipinski definition) is 5. The fraction of sp³-hybridized carbons (Fsp3) is 0.600. The lowest BCUT2D eigenvalue weighted by Gasteiger charge is -2.18. The summed E-state index contributed by atoms with van der Waals surface area (Å²) in [6.07, 6.45) is 5.39. The van der Waals surface area contributed by atoms with Gasteiger partial charge in [0.2, 0.25) is 0 Å². The first-order valence-electron chi connectivity index (χ1n) is 8.74. The van der Waals surface area contributed by atoms with Crippen LogP contribution in [0.1, 0.15) is 48.8 Å². The SMILES string of the molecule is COC(=O)CC(O)(C#N)CSCCCCCCc1ccc(C)cc1C. The molecule has 0 aliphatic heterocycles. The van der Waals surface area contributed by atoms with Gasteiger partial charge in [0.25, 0.3) is 0 Å². The Morgan fingerprint density at radius 3 is 2.64 bits per heavy atom. The number of unbranched alkanes of at least 4 members (excludes halogenated alkanes) is 3. The van der Waals surface area contributed by atoms with Crippen LogP contribution in [0.3, 0.4) is 0 Å². The summed E-state index contributed by atoms with van der Waals surface area (Å²) in [5.41, 5.74) is 2.49. The smallest absolute Gasteiger partial charge is 0.309 e. The number of rotatable bonds is 11. The molecule has 1 unspecified atom stereocenters. The Kier molecular flexibility index (Phi) is 9.62. The number of methoxy groups -OCH3 is 1. The molecule has 0 aliphatic rings. The largest absolute Gasteiger partial charge is 0.469 e. The second-order valence-electron chi connectivity index (χ2n) is 6.54. The number of ether oxygens (including phenoxy) is 1. The van der Waals surface area contributed by atoms with Crippen molar-refractivity contribution in [3.8, 4) is 6.07 Å². The van der Waals surface area contributed by atoms with Crippen molar-refractivity contribution in [2.24, 2.45) is 0 Å². The second kappa shape index (κ2) is 11.2. The first-order chi connectivity index (χ1) is 11.9. The number of esters is 1. The summed E-state index contributed by atoms with van der Waals surface area (Å²) in [6.45, 7) is 4.29. The summed E-state index contributed by atoms with van der Waals surface area (Å²) in [6, 6.07) is 8.45. The fourth-order valence-electron chi connectivity index (χ4n) is 2.67. The molecule has 1 rings (SSSR count). The molecular formula is C20H29NO3S. The molecular weight excluding hydrogens is 334 g/mol. The number of aliphatic hydroxyl groups is 1. The average Bonchev–Trinajstić information content (AvgIpc) is 2.58. The summed E-state index contributed by atoms with van der Waals surface area (Å²) in [5, 5.41) is 19.1. The predicted octanol–water partition coefficient (Wildman–Crippen LogP) is 3.96. The van der Waals surface area contributed by atoms with Crippen LogP contribution >= 0.6 is 11.8 Å². The van der Waals surface area contributed by atoms with Crippen molar-refractivity contribution in [3.05, 3.63) is 34.9 Å². The maximum absolute atomic E-state index is 11.2. The molecule has 138 valence electrons. The zero-order valence-corrected chi connectivity index (χ0v) is 16.3. The van der Waals surface area contributed by atoms with Gasteiger partial charge in [-0.2, -0.15) is 17.0 Å². The van der Waals surface area contributed by atoms with Crippen LogP contribution in [0.4, 0.5) is 0 Å². The molecule has 5 heteroatoms. The van der Waals surface area contributed by atoms with Crippen molar-refractivity contribution >= 4 is 17.7 Å². The highest BCUT2D eigenvalue weighted by molar-refractivity contribution is 7.99. The first kappa shape index (κ1) is 21.5. The zero-order chi connectivity index (χ0) is 18.7. The van der Waals surface area contributed by atoms with E-state index in [2.05, 4.69) is 36.8 Å². The fourth-order valence-corrected chi connectivity index (χ4v) is 3.73. The number of aryl methyl sites for hydroxylation is 3. The molecule has 0 aliphatic carbocycles. The van der Waals surface area contributed by atoms with Gasteiger partial charge >= 0.3 is 5.97 Å². The lowest BCUT2D eigenvalue weighted by Crippen LogP contribution is -2.33. The van der Waals surface area contributed by atoms with Gasteiger partial charge in [-0.05, 0) is 50.0 Å². The molecule has 0 amide bonds. The Morgan fingerprint density at radius 1 is 1.28 bits per heavy atom. The summed E-state index contributed by atoms with van der Waals surface area (Å²) < 4.78 is 4.51. The number of carbonyl (C=O) groups excluding carboxylic acids is 1. The Balaban J connectivity index is 2.14. The van der Waals surface area contributed by atoms with Crippen molar-refractivity contribution in [2.75, 3.05) is 18.6 Å². The van der Waals surface area contributed by atoms with E-state index in [1.807, 2.05) is 6.07 Å². The summed E-state index contributed by atoms with van der Waals surface area (Å²) >= 11 is 1.52. The summed E-state index contributed by atoms with van der Waals surface area (Å²) in [4.78, 5) is 11.2. The first-order valence-corrected chi connectivity index (χ1v) is 9.90. The van der Waals surface area contributed by atoms with Crippen molar-refractivity contribution in [1.82, 2.24) is 0 Å². The summed E-state index contributed by atoms with van der Waals surface area (Å²) in [5.74, 6) is 0.562. The van der Waals surface area contributed by atoms with Crippen LogP contribution < -0.4 is 0 Å². The summed E-state index contributed by atoms with van der Waals surface area (Å²) in [7, 11) is 1.26. The number of thioether (sulfide) groups is 1. The monoisotopic (exact) mass is 363 g/mol. The van der Waals surface area contributed by atoms with Gasteiger partial charge < -0.3 is 9.84 Å². The van der Waals surface area contributed by atoms with E-state index in [4.69, 9.17) is 5.26 Å². The molecule has 0 spiro atoms. The van der Waals surface area contributed by atoms with E-state index in [1.165, 1.54) is 48.4 Å². The zero-order valence-electron chi connectivity index (χ0n) is 15.5. The molecule has 0 saturated heterocycles. The van der Waals surface area contributed by atoms with Crippen LogP contribution in [-0.2, 0) is 16.0 Å². The molecule has 1 aromatic rings. The minimum absolute atomic E-state index is 0.237. The van der Waals surface area contributed by atoms with E-state index in [0.29, 0.717) is 0 Å². The molecule has 0 fully saturated rings. The van der Waals surface area contributed by atoms with Crippen molar-refractivity contribution in [2.45, 2.75) is 58.0 Å². The number of benzene rings is 1. The van der Waals surface area contributed by atoms with Crippen molar-refractivity contribution in [3.63, 3.8) is 0 Å². The average molecular weight is 364 g/mol. The molecule has 0 saturated carbocycles. The van der Waals surface area contributed by atoms with Crippen LogP contribution in [0.25, 0.3) is 0 Å². The quantitative estimate of drug-likeness (QED) is 0.366. The number of nitriles is 1. The lowest BCUT2D eigenvalue weighted by atomic mass is 10.00. The maximum atomic E-state index is 11.2. The molecule has 0 heterocycles. The van der Waals surface area contributed by atoms with Crippen LogP contribution in [0.5, 0.6) is 0 Å². The van der Waals surface area contributed by atoms with Crippen molar-refractivity contribution in [1.29, 1.82) is 5.26 Å². The van der Waals surface area contributed by atoms with Gasteiger partial charge in [0.15, 0.2) is 5.60 Å². The van der Waals surface area contributed by atoms with Gasteiger partial charge in [-0.1, -0.05) is 36.6 Å². The highest BCUT2D eigenvalue weighted by Gasteiger charge is 2.30. The van der Waals surface area contributed by atoms with Crippen LogP contribution in [0.15, 0.2) is 18.2 Å². The molecule has 0 aromatic heterocycles. The maximum Gasteiger partial charge on any atom is 0.309 e. The second-order valence-corrected chi connectivity index (χ2v) is 7.65. The standard InChI is InChI=1S/C20H29NO3S/c1-16-9-10-18(17(2)12-16)8-6-4-5-7-11-25-15-20(23,14-21)13-19(22)24-3/h9-10,12,23H,4-8,11,13,15H2,1-3H3. The normalized spacial score (nSPS) is 13.1. The Bertz CT molecular complexity index is 597. The topological polar surface area (TPSA) is 70.3 Å². The van der Waals surface area contributed by atoms with E-state index in [0.717, 1.165) is 25.0 Å². The van der Waals surface area contributed by atoms with E-state index in [-0.39, 0.29) is 12.2 Å². The molecule has 25 heavy (non-hydrogen) atoms. The van der Waals surface area contributed by atoms with E-state index < -0.39 is 11.6 Å². The van der Waals surface area contributed by atoms with E-state index in [1.54, 1.807) is 0 Å². The van der Waals surface area contributed by atoms with Gasteiger partial charge in [-0.25, -0.2) is 0 Å². The minimum atomic E-state index is -1.62. The number of nitrogens with zero attached hydrogens (tertiary/aromatic N) is 1. The third kappa shape index (κ3) is 8.42. The molecule has 4 nitrogen and oxygen atoms in total. The number of carbonyl (C=O) groups is 1. The number of hydrogen-bond donors (Lipinski definition) is 1. The van der Waals surface area contributed by atoms with Gasteiger partial charge in [0.1, 0.15) is 0 Å². The third-order valence-corrected chi connectivity index (χ3v) is 5.46.